The minimum Gasteiger partial charge on any atom is -0.224 e. The maximum atomic E-state index is 12.8. The highest BCUT2D eigenvalue weighted by Gasteiger charge is 2.27. The fourth-order valence-electron chi connectivity index (χ4n) is 2.00. The van der Waals surface area contributed by atoms with Crippen LogP contribution in [0.25, 0.3) is 0 Å². The summed E-state index contributed by atoms with van der Waals surface area (Å²) in [5, 5.41) is 12.3. The van der Waals surface area contributed by atoms with E-state index in [9.17, 15) is 12.8 Å². The van der Waals surface area contributed by atoms with Crippen LogP contribution in [0.1, 0.15) is 25.3 Å². The van der Waals surface area contributed by atoms with E-state index in [2.05, 4.69) is 15.5 Å². The molecule has 1 heterocycles. The molecule has 1 aromatic heterocycles. The number of hydrogen-bond acceptors (Lipinski definition) is 6. The molecule has 6 nitrogen and oxygen atoms in total. The van der Waals surface area contributed by atoms with Crippen LogP contribution in [-0.2, 0) is 9.84 Å². The van der Waals surface area contributed by atoms with Crippen molar-refractivity contribution in [1.82, 2.24) is 20.2 Å². The van der Waals surface area contributed by atoms with Crippen molar-refractivity contribution < 1.29 is 12.8 Å². The Balaban J connectivity index is 1.52. The summed E-state index contributed by atoms with van der Waals surface area (Å²) >= 11 is 1.46. The molecule has 9 heteroatoms. The van der Waals surface area contributed by atoms with Crippen molar-refractivity contribution in [2.24, 2.45) is 0 Å². The van der Waals surface area contributed by atoms with Crippen LogP contribution in [0.3, 0.4) is 0 Å². The Labute approximate surface area is 132 Å². The summed E-state index contributed by atoms with van der Waals surface area (Å²) in [6.45, 7) is 0. The van der Waals surface area contributed by atoms with Gasteiger partial charge < -0.3 is 0 Å². The first-order valence-corrected chi connectivity index (χ1v) is 9.59. The largest absolute Gasteiger partial charge is 0.224 e. The third-order valence-electron chi connectivity index (χ3n) is 3.32. The van der Waals surface area contributed by atoms with Crippen LogP contribution in [0, 0.1) is 5.82 Å². The van der Waals surface area contributed by atoms with Gasteiger partial charge in [-0.15, -0.1) is 5.10 Å². The van der Waals surface area contributed by atoms with Crippen molar-refractivity contribution >= 4 is 21.6 Å². The first-order chi connectivity index (χ1) is 10.6. The Morgan fingerprint density at radius 2 is 2.00 bits per heavy atom. The molecular formula is C13H15FN4O2S2. The Kier molecular flexibility index (Phi) is 4.44. The van der Waals surface area contributed by atoms with Gasteiger partial charge in [0.25, 0.3) is 0 Å². The molecule has 1 aliphatic rings. The molecule has 0 amide bonds. The zero-order valence-electron chi connectivity index (χ0n) is 11.7. The Morgan fingerprint density at radius 3 is 2.68 bits per heavy atom. The highest BCUT2D eigenvalue weighted by atomic mass is 32.2. The first-order valence-electron chi connectivity index (χ1n) is 6.95. The van der Waals surface area contributed by atoms with Gasteiger partial charge in [-0.2, -0.15) is 0 Å². The average Bonchev–Trinajstić information content (AvgIpc) is 3.23. The molecule has 0 spiro atoms. The molecule has 1 aliphatic carbocycles. The topological polar surface area (TPSA) is 77.7 Å². The highest BCUT2D eigenvalue weighted by molar-refractivity contribution is 7.99. The molecule has 1 saturated carbocycles. The standard InChI is InChI=1S/C13H15FN4O2S2/c14-10-2-6-12(7-3-10)22(19,20)9-1-8-21-13-15-16-17-18(13)11-4-5-11/h2-3,6-7,11H,1,4-5,8-9H2. The molecule has 0 aliphatic heterocycles. The highest BCUT2D eigenvalue weighted by Crippen LogP contribution is 2.36. The van der Waals surface area contributed by atoms with Gasteiger partial charge in [0.15, 0.2) is 9.84 Å². The summed E-state index contributed by atoms with van der Waals surface area (Å²) in [7, 11) is -3.37. The Bertz CT molecular complexity index is 742. The molecule has 22 heavy (non-hydrogen) atoms. The second-order valence-electron chi connectivity index (χ2n) is 5.11. The van der Waals surface area contributed by atoms with Gasteiger partial charge in [-0.25, -0.2) is 17.5 Å². The minimum absolute atomic E-state index is 0.0244. The number of rotatable bonds is 7. The van der Waals surface area contributed by atoms with Crippen LogP contribution < -0.4 is 0 Å². The molecule has 0 unspecified atom stereocenters. The quantitative estimate of drug-likeness (QED) is 0.436. The summed E-state index contributed by atoms with van der Waals surface area (Å²) in [5.74, 6) is 0.200. The number of benzene rings is 1. The lowest BCUT2D eigenvalue weighted by molar-refractivity contribution is 0.565. The van der Waals surface area contributed by atoms with E-state index < -0.39 is 15.7 Å². The minimum atomic E-state index is -3.37. The van der Waals surface area contributed by atoms with E-state index in [1.165, 1.54) is 23.9 Å². The van der Waals surface area contributed by atoms with Crippen LogP contribution in [0.4, 0.5) is 4.39 Å². The van der Waals surface area contributed by atoms with Gasteiger partial charge >= 0.3 is 0 Å². The van der Waals surface area contributed by atoms with Crippen molar-refractivity contribution in [3.63, 3.8) is 0 Å². The number of hydrogen-bond donors (Lipinski definition) is 0. The third kappa shape index (κ3) is 3.64. The fourth-order valence-corrected chi connectivity index (χ4v) is 4.38. The van der Waals surface area contributed by atoms with Gasteiger partial charge in [-0.3, -0.25) is 0 Å². The van der Waals surface area contributed by atoms with Crippen LogP contribution in [0.15, 0.2) is 34.3 Å². The van der Waals surface area contributed by atoms with Crippen molar-refractivity contribution in [2.75, 3.05) is 11.5 Å². The Hall–Kier alpha value is -1.48. The maximum absolute atomic E-state index is 12.8. The smallest absolute Gasteiger partial charge is 0.209 e. The van der Waals surface area contributed by atoms with E-state index in [0.717, 1.165) is 30.1 Å². The molecule has 1 aromatic carbocycles. The van der Waals surface area contributed by atoms with E-state index in [1.54, 1.807) is 4.68 Å². The lowest BCUT2D eigenvalue weighted by Crippen LogP contribution is -2.08. The number of aromatic nitrogens is 4. The van der Waals surface area contributed by atoms with E-state index in [-0.39, 0.29) is 10.6 Å². The molecule has 1 fully saturated rings. The Morgan fingerprint density at radius 1 is 1.27 bits per heavy atom. The summed E-state index contributed by atoms with van der Waals surface area (Å²) in [6.07, 6.45) is 2.68. The summed E-state index contributed by atoms with van der Waals surface area (Å²) in [6, 6.07) is 5.31. The van der Waals surface area contributed by atoms with Gasteiger partial charge in [0.05, 0.1) is 16.7 Å². The number of nitrogens with zero attached hydrogens (tertiary/aromatic N) is 4. The summed E-state index contributed by atoms with van der Waals surface area (Å²) in [5.41, 5.74) is 0. The average molecular weight is 342 g/mol. The molecule has 2 aromatic rings. The molecule has 118 valence electrons. The third-order valence-corrected chi connectivity index (χ3v) is 6.15. The molecule has 0 saturated heterocycles. The lowest BCUT2D eigenvalue weighted by Gasteiger charge is -2.05. The van der Waals surface area contributed by atoms with Gasteiger partial charge in [-0.1, -0.05) is 11.8 Å². The van der Waals surface area contributed by atoms with Gasteiger partial charge in [0, 0.05) is 5.75 Å². The normalized spacial score (nSPS) is 15.1. The zero-order valence-corrected chi connectivity index (χ0v) is 13.4. The monoisotopic (exact) mass is 342 g/mol. The van der Waals surface area contributed by atoms with E-state index in [4.69, 9.17) is 0 Å². The molecule has 0 N–H and O–H groups in total. The van der Waals surface area contributed by atoms with Crippen molar-refractivity contribution in [2.45, 2.75) is 35.4 Å². The van der Waals surface area contributed by atoms with Crippen LogP contribution in [0.2, 0.25) is 0 Å². The van der Waals surface area contributed by atoms with Gasteiger partial charge in [0.1, 0.15) is 5.82 Å². The second kappa shape index (κ2) is 6.33. The lowest BCUT2D eigenvalue weighted by atomic mass is 10.4. The summed E-state index contributed by atoms with van der Waals surface area (Å²) < 4.78 is 38.9. The van der Waals surface area contributed by atoms with Gasteiger partial charge in [0.2, 0.25) is 5.16 Å². The summed E-state index contributed by atoms with van der Waals surface area (Å²) in [4.78, 5) is 0.154. The SMILES string of the molecule is O=S(=O)(CCCSc1nnnn1C1CC1)c1ccc(F)cc1. The predicted octanol–water partition coefficient (Wildman–Crippen LogP) is 2.10. The number of sulfone groups is 1. The van der Waals surface area contributed by atoms with Crippen LogP contribution in [0.5, 0.6) is 0 Å². The van der Waals surface area contributed by atoms with Crippen molar-refractivity contribution in [3.05, 3.63) is 30.1 Å². The fraction of sp³-hybridized carbons (Fsp3) is 0.462. The number of tetrazole rings is 1. The van der Waals surface area contributed by atoms with E-state index in [0.29, 0.717) is 18.2 Å². The van der Waals surface area contributed by atoms with Gasteiger partial charge in [-0.05, 0) is 54.0 Å². The van der Waals surface area contributed by atoms with E-state index in [1.807, 2.05) is 0 Å². The molecule has 0 radical (unpaired) electrons. The van der Waals surface area contributed by atoms with Crippen molar-refractivity contribution in [3.8, 4) is 0 Å². The van der Waals surface area contributed by atoms with Crippen LogP contribution in [-0.4, -0.2) is 40.1 Å². The maximum Gasteiger partial charge on any atom is 0.209 e. The number of thioether (sulfide) groups is 1. The molecule has 0 bridgehead atoms. The molecular weight excluding hydrogens is 327 g/mol. The van der Waals surface area contributed by atoms with Crippen LogP contribution >= 0.6 is 11.8 Å². The predicted molar refractivity (Wildman–Crippen MR) is 79.9 cm³/mol. The molecule has 0 atom stereocenters. The first kappa shape index (κ1) is 15.4. The molecule has 3 rings (SSSR count). The number of halogens is 1. The zero-order chi connectivity index (χ0) is 15.6. The van der Waals surface area contributed by atoms with E-state index >= 15 is 0 Å². The van der Waals surface area contributed by atoms with Crippen molar-refractivity contribution in [1.29, 1.82) is 0 Å². The second-order valence-corrected chi connectivity index (χ2v) is 8.28.